The van der Waals surface area contributed by atoms with Gasteiger partial charge in [-0.3, -0.25) is 0 Å². The van der Waals surface area contributed by atoms with Crippen LogP contribution in [-0.4, -0.2) is 8.77 Å². The lowest BCUT2D eigenvalue weighted by atomic mass is 10.1. The number of hydrogen-bond donors (Lipinski definition) is 0. The van der Waals surface area contributed by atoms with Gasteiger partial charge in [-0.05, 0) is 18.6 Å². The van der Waals surface area contributed by atoms with Crippen molar-refractivity contribution < 1.29 is 4.39 Å². The highest BCUT2D eigenvalue weighted by atomic mass is 35.5. The molecule has 0 unspecified atom stereocenters. The van der Waals surface area contributed by atoms with Gasteiger partial charge in [-0.2, -0.15) is 0 Å². The van der Waals surface area contributed by atoms with Crippen LogP contribution in [0.2, 0.25) is 4.34 Å². The molecule has 0 radical (unpaired) electrons. The number of nitrogens with zero attached hydrogens (tertiary/aromatic N) is 3. The molecule has 0 saturated carbocycles. The molecule has 1 aromatic carbocycles. The molecule has 0 N–H and O–H groups in total. The first-order valence-corrected chi connectivity index (χ1v) is 9.77. The molecule has 0 atom stereocenters. The smallest absolute Gasteiger partial charge is 0.190 e. The average Bonchev–Trinajstić information content (AvgIpc) is 3.07. The molecular weight excluding hydrogens is 389 g/mol. The summed E-state index contributed by atoms with van der Waals surface area (Å²) in [5, 5.41) is 0. The minimum Gasteiger partial charge on any atom is -0.231 e. The van der Waals surface area contributed by atoms with E-state index in [1.165, 1.54) is 35.7 Å². The molecule has 0 fully saturated rings. The fourth-order valence-corrected chi connectivity index (χ4v) is 4.74. The third kappa shape index (κ3) is 4.20. The van der Waals surface area contributed by atoms with Crippen molar-refractivity contribution in [2.24, 2.45) is 4.99 Å². The van der Waals surface area contributed by atoms with E-state index in [9.17, 15) is 4.39 Å². The molecule has 134 valence electrons. The molecule has 0 bridgehead atoms. The van der Waals surface area contributed by atoms with Crippen molar-refractivity contribution in [2.45, 2.75) is 18.2 Å². The van der Waals surface area contributed by atoms with E-state index in [-0.39, 0.29) is 5.49 Å². The summed E-state index contributed by atoms with van der Waals surface area (Å²) in [5.74, 6) is -0.449. The van der Waals surface area contributed by atoms with Crippen molar-refractivity contribution in [1.82, 2.24) is 8.77 Å². The van der Waals surface area contributed by atoms with Gasteiger partial charge < -0.3 is 0 Å². The van der Waals surface area contributed by atoms with Gasteiger partial charge in [0.1, 0.15) is 4.34 Å². The third-order valence-electron chi connectivity index (χ3n) is 3.53. The first-order chi connectivity index (χ1) is 12.5. The molecule has 3 nitrogen and oxygen atoms in total. The Bertz CT molecular complexity index is 1020. The van der Waals surface area contributed by atoms with E-state index < -0.39 is 5.82 Å². The normalized spacial score (nSPS) is 11.7. The number of thiophene rings is 1. The molecule has 0 saturated heterocycles. The predicted molar refractivity (Wildman–Crippen MR) is 109 cm³/mol. The second kappa shape index (κ2) is 8.12. The van der Waals surface area contributed by atoms with Gasteiger partial charge in [-0.25, -0.2) is 18.2 Å². The summed E-state index contributed by atoms with van der Waals surface area (Å²) in [6, 6.07) is 11.8. The Hall–Kier alpha value is -2.02. The molecule has 0 aliphatic carbocycles. The van der Waals surface area contributed by atoms with Gasteiger partial charge in [0.2, 0.25) is 0 Å². The van der Waals surface area contributed by atoms with Crippen LogP contribution in [0, 0.1) is 12.7 Å². The zero-order valence-electron chi connectivity index (χ0n) is 14.2. The minimum atomic E-state index is -0.449. The van der Waals surface area contributed by atoms with Crippen LogP contribution in [-0.2, 0) is 6.42 Å². The van der Waals surface area contributed by atoms with Gasteiger partial charge in [0.15, 0.2) is 11.3 Å². The standard InChI is InChI=1S/C19H17ClFN3S2/c1-4-23-19(22-13(2)10-15-8-6-5-7-9-15)16(21)12-24(23)26-17-11-14(3)25-18(17)20/h4-9,11-12H,1-2,10H2,3H3. The van der Waals surface area contributed by atoms with Crippen molar-refractivity contribution in [2.75, 3.05) is 0 Å². The monoisotopic (exact) mass is 405 g/mol. The summed E-state index contributed by atoms with van der Waals surface area (Å²) in [6.45, 7) is 9.70. The number of aryl methyl sites for hydroxylation is 1. The summed E-state index contributed by atoms with van der Waals surface area (Å²) in [6.07, 6.45) is 3.42. The Labute approximate surface area is 164 Å². The molecular formula is C19H17ClFN3S2. The number of aromatic nitrogens is 2. The van der Waals surface area contributed by atoms with Gasteiger partial charge in [0.05, 0.1) is 11.1 Å². The average molecular weight is 406 g/mol. The Kier molecular flexibility index (Phi) is 5.86. The third-order valence-corrected chi connectivity index (χ3v) is 6.03. The highest BCUT2D eigenvalue weighted by Gasteiger charge is 2.12. The molecule has 0 aliphatic rings. The van der Waals surface area contributed by atoms with Crippen LogP contribution in [0.4, 0.5) is 4.39 Å². The van der Waals surface area contributed by atoms with Crippen molar-refractivity contribution in [1.29, 1.82) is 0 Å². The van der Waals surface area contributed by atoms with E-state index in [1.54, 1.807) is 8.77 Å². The highest BCUT2D eigenvalue weighted by Crippen LogP contribution is 2.35. The Balaban J connectivity index is 1.92. The maximum atomic E-state index is 14.5. The van der Waals surface area contributed by atoms with Crippen LogP contribution in [0.3, 0.4) is 0 Å². The van der Waals surface area contributed by atoms with Gasteiger partial charge in [-0.1, -0.05) is 55.1 Å². The van der Waals surface area contributed by atoms with Crippen LogP contribution < -0.4 is 5.49 Å². The van der Waals surface area contributed by atoms with Crippen LogP contribution in [0.25, 0.3) is 6.20 Å². The molecule has 7 heteroatoms. The predicted octanol–water partition coefficient (Wildman–Crippen LogP) is 5.77. The van der Waals surface area contributed by atoms with Crippen molar-refractivity contribution in [3.63, 3.8) is 0 Å². The van der Waals surface area contributed by atoms with E-state index in [2.05, 4.69) is 18.2 Å². The SMILES string of the molecule is C=Cn1c(=NC(=C)Cc2ccccc2)c(F)cn1Sc1cc(C)sc1Cl. The zero-order chi connectivity index (χ0) is 18.7. The topological polar surface area (TPSA) is 22.2 Å². The number of hydrogen-bond acceptors (Lipinski definition) is 3. The first-order valence-electron chi connectivity index (χ1n) is 7.81. The Morgan fingerprint density at radius 1 is 1.38 bits per heavy atom. The number of benzene rings is 1. The van der Waals surface area contributed by atoms with E-state index in [0.717, 1.165) is 15.3 Å². The molecule has 0 spiro atoms. The summed E-state index contributed by atoms with van der Waals surface area (Å²) in [4.78, 5) is 6.32. The summed E-state index contributed by atoms with van der Waals surface area (Å²) >= 11 is 9.03. The molecule has 3 aromatic rings. The second-order valence-corrected chi connectivity index (χ2v) is 8.41. The van der Waals surface area contributed by atoms with Crippen molar-refractivity contribution >= 4 is 41.1 Å². The van der Waals surface area contributed by atoms with Gasteiger partial charge >= 0.3 is 0 Å². The van der Waals surface area contributed by atoms with Crippen LogP contribution in [0.15, 0.2) is 71.3 Å². The van der Waals surface area contributed by atoms with Crippen LogP contribution >= 0.6 is 34.9 Å². The second-order valence-electron chi connectivity index (χ2n) is 5.56. The van der Waals surface area contributed by atoms with Gasteiger partial charge in [0, 0.05) is 35.1 Å². The lowest BCUT2D eigenvalue weighted by Gasteiger charge is -2.06. The highest BCUT2D eigenvalue weighted by molar-refractivity contribution is 7.98. The molecule has 26 heavy (non-hydrogen) atoms. The van der Waals surface area contributed by atoms with Crippen LogP contribution in [0.1, 0.15) is 10.4 Å². The van der Waals surface area contributed by atoms with Crippen molar-refractivity contribution in [3.05, 3.63) is 87.5 Å². The van der Waals surface area contributed by atoms with E-state index in [0.29, 0.717) is 16.5 Å². The zero-order valence-corrected chi connectivity index (χ0v) is 16.5. The molecule has 0 aliphatic heterocycles. The lowest BCUT2D eigenvalue weighted by Crippen LogP contribution is -2.19. The lowest BCUT2D eigenvalue weighted by molar-refractivity contribution is 0.608. The molecule has 2 aromatic heterocycles. The number of halogens is 2. The fraction of sp³-hybridized carbons (Fsp3) is 0.105. The Morgan fingerprint density at radius 2 is 2.12 bits per heavy atom. The van der Waals surface area contributed by atoms with Crippen LogP contribution in [0.5, 0.6) is 0 Å². The summed E-state index contributed by atoms with van der Waals surface area (Å²) < 4.78 is 18.3. The van der Waals surface area contributed by atoms with Gasteiger partial charge in [0.25, 0.3) is 0 Å². The number of allylic oxidation sites excluding steroid dienone is 1. The van der Waals surface area contributed by atoms with Crippen molar-refractivity contribution in [3.8, 4) is 0 Å². The minimum absolute atomic E-state index is 0.163. The largest absolute Gasteiger partial charge is 0.231 e. The molecule has 2 heterocycles. The summed E-state index contributed by atoms with van der Waals surface area (Å²) in [5.41, 5.74) is 1.80. The molecule has 3 rings (SSSR count). The fourth-order valence-electron chi connectivity index (χ4n) is 2.41. The number of rotatable bonds is 6. The molecule has 0 amide bonds. The maximum absolute atomic E-state index is 14.5. The Morgan fingerprint density at radius 3 is 2.73 bits per heavy atom. The first kappa shape index (κ1) is 18.8. The quantitative estimate of drug-likeness (QED) is 0.510. The maximum Gasteiger partial charge on any atom is 0.190 e. The van der Waals surface area contributed by atoms with E-state index in [4.69, 9.17) is 11.6 Å². The van der Waals surface area contributed by atoms with E-state index >= 15 is 0 Å². The summed E-state index contributed by atoms with van der Waals surface area (Å²) in [7, 11) is 0. The van der Waals surface area contributed by atoms with Gasteiger partial charge in [-0.15, -0.1) is 11.3 Å². The van der Waals surface area contributed by atoms with E-state index in [1.807, 2.05) is 43.3 Å².